The topological polar surface area (TPSA) is 79.1 Å². The van der Waals surface area contributed by atoms with Gasteiger partial charge in [-0.15, -0.1) is 0 Å². The quantitative estimate of drug-likeness (QED) is 0.240. The van der Waals surface area contributed by atoms with Crippen molar-refractivity contribution in [3.8, 4) is 5.75 Å². The van der Waals surface area contributed by atoms with E-state index in [0.29, 0.717) is 35.7 Å². The van der Waals surface area contributed by atoms with Gasteiger partial charge in [-0.25, -0.2) is 4.79 Å². The molecule has 0 saturated carbocycles. The van der Waals surface area contributed by atoms with Gasteiger partial charge in [-0.2, -0.15) is 0 Å². The Kier molecular flexibility index (Phi) is 5.63. The van der Waals surface area contributed by atoms with Crippen LogP contribution >= 0.6 is 0 Å². The SMILES string of the molecule is COCCn1c2ccc(C(=O)c3ccccc3C)cc2c2c3c(ccc21)/C(=N/OC(C)=O)CO3. The second-order valence-corrected chi connectivity index (χ2v) is 8.27. The number of hydrogen-bond donors (Lipinski definition) is 0. The molecule has 1 aliphatic heterocycles. The molecule has 1 aliphatic rings. The molecule has 172 valence electrons. The molecule has 7 nitrogen and oxygen atoms in total. The monoisotopic (exact) mass is 456 g/mol. The number of benzene rings is 3. The summed E-state index contributed by atoms with van der Waals surface area (Å²) in [5.41, 5.74) is 5.51. The highest BCUT2D eigenvalue weighted by atomic mass is 16.7. The van der Waals surface area contributed by atoms with Crippen LogP contribution in [0, 0.1) is 6.92 Å². The number of carbonyl (C=O) groups is 2. The number of aromatic nitrogens is 1. The molecule has 0 spiro atoms. The van der Waals surface area contributed by atoms with E-state index in [4.69, 9.17) is 14.3 Å². The Morgan fingerprint density at radius 2 is 1.88 bits per heavy atom. The predicted octanol–water partition coefficient (Wildman–Crippen LogP) is 4.64. The number of ether oxygens (including phenoxy) is 2. The molecule has 0 fully saturated rings. The van der Waals surface area contributed by atoms with Crippen molar-refractivity contribution >= 4 is 39.3 Å². The first kappa shape index (κ1) is 21.9. The number of methoxy groups -OCH3 is 1. The average Bonchev–Trinajstić information content (AvgIpc) is 3.39. The van der Waals surface area contributed by atoms with Crippen LogP contribution in [-0.4, -0.2) is 42.4 Å². The van der Waals surface area contributed by atoms with E-state index >= 15 is 0 Å². The Bertz CT molecular complexity index is 1480. The smallest absolute Gasteiger partial charge is 0.331 e. The van der Waals surface area contributed by atoms with Crippen LogP contribution in [0.25, 0.3) is 21.8 Å². The van der Waals surface area contributed by atoms with Crippen molar-refractivity contribution in [2.24, 2.45) is 5.16 Å². The van der Waals surface area contributed by atoms with Crippen LogP contribution < -0.4 is 4.74 Å². The summed E-state index contributed by atoms with van der Waals surface area (Å²) < 4.78 is 13.5. The number of nitrogens with zero attached hydrogens (tertiary/aromatic N) is 2. The molecule has 2 heterocycles. The zero-order valence-corrected chi connectivity index (χ0v) is 19.3. The first-order valence-electron chi connectivity index (χ1n) is 11.1. The van der Waals surface area contributed by atoms with Gasteiger partial charge in [0.25, 0.3) is 0 Å². The Balaban J connectivity index is 1.72. The van der Waals surface area contributed by atoms with Gasteiger partial charge in [0.1, 0.15) is 18.1 Å². The molecule has 0 amide bonds. The van der Waals surface area contributed by atoms with E-state index in [1.54, 1.807) is 7.11 Å². The predicted molar refractivity (Wildman–Crippen MR) is 130 cm³/mol. The third-order valence-corrected chi connectivity index (χ3v) is 6.10. The minimum absolute atomic E-state index is 0.0246. The lowest BCUT2D eigenvalue weighted by atomic mass is 9.97. The van der Waals surface area contributed by atoms with E-state index in [1.807, 2.05) is 61.5 Å². The third kappa shape index (κ3) is 3.64. The van der Waals surface area contributed by atoms with Gasteiger partial charge in [0.2, 0.25) is 0 Å². The molecule has 7 heteroatoms. The number of aryl methyl sites for hydroxylation is 1. The van der Waals surface area contributed by atoms with Gasteiger partial charge in [-0.3, -0.25) is 4.79 Å². The van der Waals surface area contributed by atoms with Crippen molar-refractivity contribution in [2.75, 3.05) is 20.3 Å². The number of carbonyl (C=O) groups excluding carboxylic acids is 2. The molecule has 3 aromatic carbocycles. The molecule has 0 saturated heterocycles. The van der Waals surface area contributed by atoms with Crippen molar-refractivity contribution in [1.29, 1.82) is 0 Å². The molecule has 1 aromatic heterocycles. The second-order valence-electron chi connectivity index (χ2n) is 8.27. The first-order valence-corrected chi connectivity index (χ1v) is 11.1. The van der Waals surface area contributed by atoms with Crippen LogP contribution in [0.3, 0.4) is 0 Å². The number of oxime groups is 1. The van der Waals surface area contributed by atoms with E-state index in [1.165, 1.54) is 6.92 Å². The van der Waals surface area contributed by atoms with E-state index in [0.717, 1.165) is 32.9 Å². The standard InChI is InChI=1S/C27H24N2O5/c1-16-6-4-5-7-19(16)26(31)18-8-10-23-21(14-18)25-24(29(23)12-13-32-3)11-9-20-22(15-33-27(20)25)28-34-17(2)30/h4-11,14H,12-13,15H2,1-3H3/b28-22+. The number of fused-ring (bicyclic) bond motifs is 5. The van der Waals surface area contributed by atoms with Gasteiger partial charge >= 0.3 is 5.97 Å². The maximum atomic E-state index is 13.3. The van der Waals surface area contributed by atoms with E-state index in [9.17, 15) is 9.59 Å². The Hall–Kier alpha value is -3.97. The molecule has 0 atom stereocenters. The molecule has 4 aromatic rings. The van der Waals surface area contributed by atoms with Crippen LogP contribution in [0.2, 0.25) is 0 Å². The molecular formula is C27H24N2O5. The molecule has 0 aliphatic carbocycles. The Labute approximate surface area is 196 Å². The fraction of sp³-hybridized carbons (Fsp3) is 0.222. The lowest BCUT2D eigenvalue weighted by Crippen LogP contribution is -2.05. The van der Waals surface area contributed by atoms with Gasteiger partial charge in [-0.1, -0.05) is 29.4 Å². The van der Waals surface area contributed by atoms with Gasteiger partial charge in [0, 0.05) is 48.2 Å². The molecule has 5 rings (SSSR count). The summed E-state index contributed by atoms with van der Waals surface area (Å²) in [5.74, 6) is 0.158. The van der Waals surface area contributed by atoms with Gasteiger partial charge < -0.3 is 18.9 Å². The minimum atomic E-state index is -0.488. The Morgan fingerprint density at radius 1 is 1.09 bits per heavy atom. The average molecular weight is 456 g/mol. The fourth-order valence-corrected chi connectivity index (χ4v) is 4.50. The maximum absolute atomic E-state index is 13.3. The molecule has 0 bridgehead atoms. The van der Waals surface area contributed by atoms with Crippen LogP contribution in [0.5, 0.6) is 5.75 Å². The van der Waals surface area contributed by atoms with Crippen molar-refractivity contribution in [3.05, 3.63) is 76.9 Å². The zero-order valence-electron chi connectivity index (χ0n) is 19.3. The largest absolute Gasteiger partial charge is 0.486 e. The van der Waals surface area contributed by atoms with E-state index in [2.05, 4.69) is 9.72 Å². The van der Waals surface area contributed by atoms with E-state index < -0.39 is 5.97 Å². The summed E-state index contributed by atoms with van der Waals surface area (Å²) >= 11 is 0. The van der Waals surface area contributed by atoms with Gasteiger partial charge in [-0.05, 0) is 42.8 Å². The van der Waals surface area contributed by atoms with Crippen LogP contribution in [0.1, 0.15) is 34.0 Å². The van der Waals surface area contributed by atoms with Crippen molar-refractivity contribution < 1.29 is 23.9 Å². The van der Waals surface area contributed by atoms with Gasteiger partial charge in [0.05, 0.1) is 17.5 Å². The van der Waals surface area contributed by atoms with Crippen molar-refractivity contribution in [2.45, 2.75) is 20.4 Å². The van der Waals surface area contributed by atoms with Crippen molar-refractivity contribution in [1.82, 2.24) is 4.57 Å². The third-order valence-electron chi connectivity index (χ3n) is 6.10. The Morgan fingerprint density at radius 3 is 2.65 bits per heavy atom. The summed E-state index contributed by atoms with van der Waals surface area (Å²) in [5, 5.41) is 5.78. The maximum Gasteiger partial charge on any atom is 0.331 e. The number of hydrogen-bond acceptors (Lipinski definition) is 6. The van der Waals surface area contributed by atoms with E-state index in [-0.39, 0.29) is 12.4 Å². The highest BCUT2D eigenvalue weighted by Gasteiger charge is 2.27. The highest BCUT2D eigenvalue weighted by molar-refractivity contribution is 6.20. The molecule has 0 N–H and O–H groups in total. The summed E-state index contributed by atoms with van der Waals surface area (Å²) in [6, 6.07) is 17.3. The number of rotatable bonds is 6. The van der Waals surface area contributed by atoms with Gasteiger partial charge in [0.15, 0.2) is 5.78 Å². The molecule has 0 radical (unpaired) electrons. The summed E-state index contributed by atoms with van der Waals surface area (Å²) in [6.07, 6.45) is 0. The summed E-state index contributed by atoms with van der Waals surface area (Å²) in [6.45, 7) is 4.64. The second kappa shape index (κ2) is 8.76. The van der Waals surface area contributed by atoms with Crippen molar-refractivity contribution in [3.63, 3.8) is 0 Å². The molecule has 34 heavy (non-hydrogen) atoms. The first-order chi connectivity index (χ1) is 16.5. The summed E-state index contributed by atoms with van der Waals surface area (Å²) in [7, 11) is 1.67. The lowest BCUT2D eigenvalue weighted by molar-refractivity contribution is -0.140. The zero-order chi connectivity index (χ0) is 23.8. The molecule has 0 unspecified atom stereocenters. The van der Waals surface area contributed by atoms with Crippen LogP contribution in [-0.2, 0) is 20.9 Å². The molecular weight excluding hydrogens is 432 g/mol. The number of ketones is 1. The normalized spacial score (nSPS) is 13.9. The van der Waals surface area contributed by atoms with Crippen LogP contribution in [0.15, 0.2) is 59.8 Å². The fourth-order valence-electron chi connectivity index (χ4n) is 4.50. The lowest BCUT2D eigenvalue weighted by Gasteiger charge is -2.08. The summed E-state index contributed by atoms with van der Waals surface area (Å²) in [4.78, 5) is 29.4. The van der Waals surface area contributed by atoms with Crippen LogP contribution in [0.4, 0.5) is 0 Å². The highest BCUT2D eigenvalue weighted by Crippen LogP contribution is 2.41. The minimum Gasteiger partial charge on any atom is -0.486 e.